The van der Waals surface area contributed by atoms with Gasteiger partial charge in [0.1, 0.15) is 0 Å². The van der Waals surface area contributed by atoms with Crippen molar-refractivity contribution in [2.75, 3.05) is 0 Å². The molecule has 2 aliphatic carbocycles. The minimum absolute atomic E-state index is 0.636. The topological polar surface area (TPSA) is 0 Å². The van der Waals surface area contributed by atoms with Crippen LogP contribution in [0.25, 0.3) is 0 Å². The van der Waals surface area contributed by atoms with Crippen molar-refractivity contribution in [3.8, 4) is 11.8 Å². The van der Waals surface area contributed by atoms with Gasteiger partial charge in [-0.25, -0.2) is 0 Å². The second kappa shape index (κ2) is 12.5. The van der Waals surface area contributed by atoms with Crippen LogP contribution >= 0.6 is 0 Å². The van der Waals surface area contributed by atoms with Crippen LogP contribution in [0, 0.1) is 35.5 Å². The minimum atomic E-state index is 0.636. The number of hydrogen-bond donors (Lipinski definition) is 0. The standard InChI is InChI=1S/C29H44/c1-3-5-6-7-9-25-16-20-28(21-17-25)29-22-18-27(19-23-29)15-14-26-12-10-24(8-4-2)11-13-26/h10-13,25,27-29H,3-9,16-23H2,1-2H3. The molecule has 160 valence electrons. The lowest BCUT2D eigenvalue weighted by atomic mass is 9.69. The van der Waals surface area contributed by atoms with Gasteiger partial charge >= 0.3 is 0 Å². The molecule has 0 atom stereocenters. The highest BCUT2D eigenvalue weighted by Crippen LogP contribution is 2.42. The molecule has 0 bridgehead atoms. The quantitative estimate of drug-likeness (QED) is 0.307. The molecule has 0 spiro atoms. The number of hydrogen-bond acceptors (Lipinski definition) is 0. The van der Waals surface area contributed by atoms with Crippen LogP contribution in [0.4, 0.5) is 0 Å². The molecule has 0 radical (unpaired) electrons. The summed E-state index contributed by atoms with van der Waals surface area (Å²) in [5.74, 6) is 10.8. The molecule has 2 fully saturated rings. The molecule has 2 aliphatic rings. The van der Waals surface area contributed by atoms with E-state index in [2.05, 4.69) is 50.0 Å². The maximum absolute atomic E-state index is 3.60. The Balaban J connectivity index is 1.36. The fraction of sp³-hybridized carbons (Fsp3) is 0.724. The molecule has 0 heteroatoms. The summed E-state index contributed by atoms with van der Waals surface area (Å²) >= 11 is 0. The first-order valence-electron chi connectivity index (χ1n) is 12.9. The normalized spacial score (nSPS) is 27.2. The molecule has 1 aromatic rings. The van der Waals surface area contributed by atoms with E-state index in [0.29, 0.717) is 5.92 Å². The lowest BCUT2D eigenvalue weighted by Crippen LogP contribution is -2.25. The first-order valence-corrected chi connectivity index (χ1v) is 12.9. The highest BCUT2D eigenvalue weighted by atomic mass is 14.3. The second-order valence-corrected chi connectivity index (χ2v) is 9.96. The molecule has 0 aromatic heterocycles. The Kier molecular flexibility index (Phi) is 9.66. The molecule has 1 aromatic carbocycles. The summed E-state index contributed by atoms with van der Waals surface area (Å²) in [5.41, 5.74) is 2.64. The Morgan fingerprint density at radius 1 is 0.724 bits per heavy atom. The first kappa shape index (κ1) is 22.5. The van der Waals surface area contributed by atoms with Crippen LogP contribution in [0.3, 0.4) is 0 Å². The van der Waals surface area contributed by atoms with Crippen molar-refractivity contribution >= 4 is 0 Å². The molecule has 0 nitrogen and oxygen atoms in total. The van der Waals surface area contributed by atoms with Gasteiger partial charge in [0.15, 0.2) is 0 Å². The maximum Gasteiger partial charge on any atom is 0.0245 e. The SMILES string of the molecule is CCCCCCC1CCC(C2CCC(C#Cc3ccc(CCC)cc3)CC2)CC1. The summed E-state index contributed by atoms with van der Waals surface area (Å²) in [6, 6.07) is 8.93. The average Bonchev–Trinajstić information content (AvgIpc) is 2.77. The van der Waals surface area contributed by atoms with Gasteiger partial charge in [-0.05, 0) is 80.4 Å². The lowest BCUT2D eigenvalue weighted by Gasteiger charge is -2.37. The largest absolute Gasteiger partial charge is 0.0945 e. The zero-order valence-corrected chi connectivity index (χ0v) is 19.2. The average molecular weight is 393 g/mol. The molecule has 2 saturated carbocycles. The fourth-order valence-electron chi connectivity index (χ4n) is 5.77. The molecule has 0 N–H and O–H groups in total. The van der Waals surface area contributed by atoms with Gasteiger partial charge in [0.2, 0.25) is 0 Å². The van der Waals surface area contributed by atoms with Gasteiger partial charge < -0.3 is 0 Å². The Labute approximate surface area is 181 Å². The van der Waals surface area contributed by atoms with Crippen LogP contribution in [0.1, 0.15) is 115 Å². The van der Waals surface area contributed by atoms with Gasteiger partial charge in [0.25, 0.3) is 0 Å². The van der Waals surface area contributed by atoms with E-state index in [0.717, 1.165) is 17.8 Å². The van der Waals surface area contributed by atoms with Gasteiger partial charge in [-0.1, -0.05) is 89.2 Å². The third-order valence-electron chi connectivity index (χ3n) is 7.71. The summed E-state index contributed by atoms with van der Waals surface area (Å²) in [7, 11) is 0. The van der Waals surface area contributed by atoms with Crippen molar-refractivity contribution in [2.45, 2.75) is 110 Å². The number of rotatable bonds is 8. The molecule has 0 heterocycles. The maximum atomic E-state index is 3.60. The van der Waals surface area contributed by atoms with Crippen LogP contribution in [-0.2, 0) is 6.42 Å². The Morgan fingerprint density at radius 3 is 2.00 bits per heavy atom. The number of aryl methyl sites for hydroxylation is 1. The van der Waals surface area contributed by atoms with Crippen molar-refractivity contribution in [3.05, 3.63) is 35.4 Å². The van der Waals surface area contributed by atoms with Crippen LogP contribution in [0.5, 0.6) is 0 Å². The number of benzene rings is 1. The zero-order valence-electron chi connectivity index (χ0n) is 19.2. The van der Waals surface area contributed by atoms with Gasteiger partial charge in [-0.15, -0.1) is 0 Å². The monoisotopic (exact) mass is 392 g/mol. The summed E-state index contributed by atoms with van der Waals surface area (Å²) in [6.07, 6.45) is 21.3. The van der Waals surface area contributed by atoms with Gasteiger partial charge in [0.05, 0.1) is 0 Å². The van der Waals surface area contributed by atoms with E-state index in [-0.39, 0.29) is 0 Å². The van der Waals surface area contributed by atoms with E-state index in [9.17, 15) is 0 Å². The Bertz CT molecular complexity index is 612. The van der Waals surface area contributed by atoms with Gasteiger partial charge in [0, 0.05) is 11.5 Å². The van der Waals surface area contributed by atoms with Crippen molar-refractivity contribution in [2.24, 2.45) is 23.7 Å². The molecule has 0 amide bonds. The van der Waals surface area contributed by atoms with Crippen LogP contribution in [0.15, 0.2) is 24.3 Å². The van der Waals surface area contributed by atoms with Gasteiger partial charge in [-0.3, -0.25) is 0 Å². The molecule has 0 aliphatic heterocycles. The lowest BCUT2D eigenvalue weighted by molar-refractivity contribution is 0.153. The highest BCUT2D eigenvalue weighted by Gasteiger charge is 2.30. The summed E-state index contributed by atoms with van der Waals surface area (Å²) < 4.78 is 0. The van der Waals surface area contributed by atoms with E-state index in [1.165, 1.54) is 107 Å². The van der Waals surface area contributed by atoms with Gasteiger partial charge in [-0.2, -0.15) is 0 Å². The molecular formula is C29H44. The highest BCUT2D eigenvalue weighted by molar-refractivity contribution is 5.36. The van der Waals surface area contributed by atoms with Crippen LogP contribution < -0.4 is 0 Å². The fourth-order valence-corrected chi connectivity index (χ4v) is 5.77. The van der Waals surface area contributed by atoms with Crippen molar-refractivity contribution in [1.82, 2.24) is 0 Å². The Hall–Kier alpha value is -1.22. The third kappa shape index (κ3) is 7.51. The van der Waals surface area contributed by atoms with E-state index in [4.69, 9.17) is 0 Å². The molecule has 0 unspecified atom stereocenters. The smallest absolute Gasteiger partial charge is 0.0245 e. The predicted molar refractivity (Wildman–Crippen MR) is 127 cm³/mol. The van der Waals surface area contributed by atoms with E-state index < -0.39 is 0 Å². The molecular weight excluding hydrogens is 348 g/mol. The molecule has 29 heavy (non-hydrogen) atoms. The second-order valence-electron chi connectivity index (χ2n) is 9.96. The summed E-state index contributed by atoms with van der Waals surface area (Å²) in [4.78, 5) is 0. The summed E-state index contributed by atoms with van der Waals surface area (Å²) in [6.45, 7) is 4.56. The summed E-state index contributed by atoms with van der Waals surface area (Å²) in [5, 5.41) is 0. The third-order valence-corrected chi connectivity index (χ3v) is 7.71. The predicted octanol–water partition coefficient (Wildman–Crippen LogP) is 8.57. The molecule has 3 rings (SSSR count). The van der Waals surface area contributed by atoms with E-state index in [1.807, 2.05) is 0 Å². The minimum Gasteiger partial charge on any atom is -0.0945 e. The first-order chi connectivity index (χ1) is 14.3. The Morgan fingerprint density at radius 2 is 1.38 bits per heavy atom. The van der Waals surface area contributed by atoms with Crippen molar-refractivity contribution < 1.29 is 0 Å². The zero-order chi connectivity index (χ0) is 20.3. The van der Waals surface area contributed by atoms with Crippen LogP contribution in [0.2, 0.25) is 0 Å². The number of unbranched alkanes of at least 4 members (excludes halogenated alkanes) is 3. The van der Waals surface area contributed by atoms with Crippen LogP contribution in [-0.4, -0.2) is 0 Å². The van der Waals surface area contributed by atoms with Crippen molar-refractivity contribution in [1.29, 1.82) is 0 Å². The van der Waals surface area contributed by atoms with Crippen molar-refractivity contribution in [3.63, 3.8) is 0 Å². The van der Waals surface area contributed by atoms with E-state index >= 15 is 0 Å². The van der Waals surface area contributed by atoms with E-state index in [1.54, 1.807) is 0 Å². The molecule has 0 saturated heterocycles.